The molecular weight excluding hydrogens is 350 g/mol. The summed E-state index contributed by atoms with van der Waals surface area (Å²) >= 11 is 0. The number of hydrogen-bond donors (Lipinski definition) is 0. The zero-order chi connectivity index (χ0) is 19.6. The molecule has 1 aromatic rings. The SMILES string of the molecule is CN1C(=O)C(C2CCN(C(=O)OCc3ccccc3)CC2)C(=O)N(C)C1=O. The van der Waals surface area contributed by atoms with E-state index in [1.807, 2.05) is 30.3 Å². The number of carbonyl (C=O) groups excluding carboxylic acids is 4. The molecule has 2 fully saturated rings. The van der Waals surface area contributed by atoms with Gasteiger partial charge in [0.2, 0.25) is 11.8 Å². The van der Waals surface area contributed by atoms with Gasteiger partial charge in [0.05, 0.1) is 0 Å². The van der Waals surface area contributed by atoms with Gasteiger partial charge < -0.3 is 9.64 Å². The van der Waals surface area contributed by atoms with Gasteiger partial charge in [0.15, 0.2) is 0 Å². The number of rotatable bonds is 3. The van der Waals surface area contributed by atoms with Crippen molar-refractivity contribution in [3.63, 3.8) is 0 Å². The van der Waals surface area contributed by atoms with Crippen LogP contribution in [0.2, 0.25) is 0 Å². The summed E-state index contributed by atoms with van der Waals surface area (Å²) in [5, 5.41) is 0. The molecule has 0 spiro atoms. The van der Waals surface area contributed by atoms with Crippen molar-refractivity contribution < 1.29 is 23.9 Å². The molecule has 3 rings (SSSR count). The first-order valence-electron chi connectivity index (χ1n) is 8.95. The lowest BCUT2D eigenvalue weighted by atomic mass is 9.81. The van der Waals surface area contributed by atoms with Crippen LogP contribution >= 0.6 is 0 Å². The van der Waals surface area contributed by atoms with Crippen LogP contribution in [-0.2, 0) is 20.9 Å². The smallest absolute Gasteiger partial charge is 0.410 e. The fourth-order valence-corrected chi connectivity index (χ4v) is 3.57. The Morgan fingerprint density at radius 3 is 2.11 bits per heavy atom. The van der Waals surface area contributed by atoms with Crippen molar-refractivity contribution >= 4 is 23.9 Å². The topological polar surface area (TPSA) is 87.2 Å². The van der Waals surface area contributed by atoms with Gasteiger partial charge in [-0.2, -0.15) is 0 Å². The van der Waals surface area contributed by atoms with Gasteiger partial charge in [0, 0.05) is 27.2 Å². The molecule has 0 bridgehead atoms. The Morgan fingerprint density at radius 1 is 1.00 bits per heavy atom. The van der Waals surface area contributed by atoms with E-state index in [0.717, 1.165) is 15.4 Å². The average Bonchev–Trinajstić information content (AvgIpc) is 2.70. The molecule has 0 atom stereocenters. The highest BCUT2D eigenvalue weighted by Gasteiger charge is 2.47. The van der Waals surface area contributed by atoms with E-state index in [2.05, 4.69) is 0 Å². The standard InChI is InChI=1S/C19H23N3O5/c1-20-16(23)15(17(24)21(2)18(20)25)14-8-10-22(11-9-14)19(26)27-12-13-6-4-3-5-7-13/h3-7,14-15H,8-12H2,1-2H3. The van der Waals surface area contributed by atoms with Crippen LogP contribution in [0.4, 0.5) is 9.59 Å². The molecule has 8 nitrogen and oxygen atoms in total. The minimum absolute atomic E-state index is 0.193. The van der Waals surface area contributed by atoms with Gasteiger partial charge in [-0.15, -0.1) is 0 Å². The molecule has 0 saturated carbocycles. The summed E-state index contributed by atoms with van der Waals surface area (Å²) in [5.74, 6) is -1.98. The zero-order valence-corrected chi connectivity index (χ0v) is 15.5. The molecule has 27 heavy (non-hydrogen) atoms. The maximum absolute atomic E-state index is 12.4. The molecule has 0 unspecified atom stereocenters. The second-order valence-electron chi connectivity index (χ2n) is 6.92. The third kappa shape index (κ3) is 3.79. The lowest BCUT2D eigenvalue weighted by Crippen LogP contribution is -2.59. The van der Waals surface area contributed by atoms with Crippen LogP contribution < -0.4 is 0 Å². The minimum Gasteiger partial charge on any atom is -0.445 e. The lowest BCUT2D eigenvalue weighted by molar-refractivity contribution is -0.151. The van der Waals surface area contributed by atoms with Crippen molar-refractivity contribution in [2.24, 2.45) is 11.8 Å². The molecular formula is C19H23N3O5. The summed E-state index contributed by atoms with van der Waals surface area (Å²) in [4.78, 5) is 52.5. The summed E-state index contributed by atoms with van der Waals surface area (Å²) in [7, 11) is 2.77. The van der Waals surface area contributed by atoms with Gasteiger partial charge in [0.25, 0.3) is 0 Å². The van der Waals surface area contributed by atoms with E-state index in [0.29, 0.717) is 25.9 Å². The molecule has 2 heterocycles. The number of piperidine rings is 1. The summed E-state index contributed by atoms with van der Waals surface area (Å²) in [6, 6.07) is 8.81. The van der Waals surface area contributed by atoms with Crippen LogP contribution in [0.5, 0.6) is 0 Å². The van der Waals surface area contributed by atoms with Crippen molar-refractivity contribution in [1.29, 1.82) is 0 Å². The molecule has 2 aliphatic rings. The van der Waals surface area contributed by atoms with Gasteiger partial charge >= 0.3 is 12.1 Å². The molecule has 8 heteroatoms. The lowest BCUT2D eigenvalue weighted by Gasteiger charge is -2.39. The quantitative estimate of drug-likeness (QED) is 0.753. The van der Waals surface area contributed by atoms with Crippen molar-refractivity contribution in [2.45, 2.75) is 19.4 Å². The fourth-order valence-electron chi connectivity index (χ4n) is 3.57. The van der Waals surface area contributed by atoms with Gasteiger partial charge in [0.1, 0.15) is 12.5 Å². The second kappa shape index (κ2) is 7.77. The first-order valence-corrected chi connectivity index (χ1v) is 8.95. The highest BCUT2D eigenvalue weighted by molar-refractivity contribution is 6.15. The molecule has 0 aliphatic carbocycles. The van der Waals surface area contributed by atoms with E-state index < -0.39 is 29.9 Å². The predicted molar refractivity (Wildman–Crippen MR) is 95.4 cm³/mol. The molecule has 2 aliphatic heterocycles. The monoisotopic (exact) mass is 373 g/mol. The Kier molecular flexibility index (Phi) is 5.43. The molecule has 0 N–H and O–H groups in total. The summed E-state index contributed by atoms with van der Waals surface area (Å²) in [6.45, 7) is 1.03. The number of amides is 5. The van der Waals surface area contributed by atoms with Gasteiger partial charge in [-0.1, -0.05) is 30.3 Å². The molecule has 2 saturated heterocycles. The predicted octanol–water partition coefficient (Wildman–Crippen LogP) is 1.70. The summed E-state index contributed by atoms with van der Waals surface area (Å²) in [6.07, 6.45) is 0.625. The summed E-state index contributed by atoms with van der Waals surface area (Å²) < 4.78 is 5.33. The van der Waals surface area contributed by atoms with Crippen molar-refractivity contribution in [2.75, 3.05) is 27.2 Å². The van der Waals surface area contributed by atoms with Crippen LogP contribution in [0.3, 0.4) is 0 Å². The Hall–Kier alpha value is -2.90. The first-order chi connectivity index (χ1) is 12.9. The van der Waals surface area contributed by atoms with Crippen molar-refractivity contribution in [3.8, 4) is 0 Å². The Balaban J connectivity index is 1.55. The van der Waals surface area contributed by atoms with Crippen LogP contribution in [0, 0.1) is 11.8 Å². The highest BCUT2D eigenvalue weighted by Crippen LogP contribution is 2.30. The Bertz CT molecular complexity index is 719. The first kappa shape index (κ1) is 18.9. The third-order valence-electron chi connectivity index (χ3n) is 5.24. The van der Waals surface area contributed by atoms with E-state index in [1.54, 1.807) is 4.90 Å². The van der Waals surface area contributed by atoms with Gasteiger partial charge in [-0.3, -0.25) is 19.4 Å². The Morgan fingerprint density at radius 2 is 1.56 bits per heavy atom. The van der Waals surface area contributed by atoms with E-state index in [4.69, 9.17) is 4.74 Å². The maximum atomic E-state index is 12.4. The molecule has 1 aromatic carbocycles. The number of barbiturate groups is 1. The Labute approximate surface area is 157 Å². The number of hydrogen-bond acceptors (Lipinski definition) is 5. The molecule has 0 aromatic heterocycles. The summed E-state index contributed by atoms with van der Waals surface area (Å²) in [5.41, 5.74) is 0.912. The number of ether oxygens (including phenoxy) is 1. The average molecular weight is 373 g/mol. The van der Waals surface area contributed by atoms with Crippen LogP contribution in [0.1, 0.15) is 18.4 Å². The minimum atomic E-state index is -0.861. The highest BCUT2D eigenvalue weighted by atomic mass is 16.6. The van der Waals surface area contributed by atoms with E-state index in [9.17, 15) is 19.2 Å². The number of imide groups is 2. The maximum Gasteiger partial charge on any atom is 0.410 e. The molecule has 5 amide bonds. The van der Waals surface area contributed by atoms with Crippen LogP contribution in [0.25, 0.3) is 0 Å². The van der Waals surface area contributed by atoms with Crippen LogP contribution in [0.15, 0.2) is 30.3 Å². The fraction of sp³-hybridized carbons (Fsp3) is 0.474. The number of likely N-dealkylation sites (tertiary alicyclic amines) is 1. The number of urea groups is 1. The van der Waals surface area contributed by atoms with Crippen molar-refractivity contribution in [3.05, 3.63) is 35.9 Å². The number of benzene rings is 1. The van der Waals surface area contributed by atoms with Crippen molar-refractivity contribution in [1.82, 2.24) is 14.7 Å². The normalized spacial score (nSPS) is 19.6. The number of nitrogens with zero attached hydrogens (tertiary/aromatic N) is 3. The van der Waals surface area contributed by atoms with Crippen LogP contribution in [-0.4, -0.2) is 65.8 Å². The van der Waals surface area contributed by atoms with E-state index >= 15 is 0 Å². The second-order valence-corrected chi connectivity index (χ2v) is 6.92. The van der Waals surface area contributed by atoms with E-state index in [-0.39, 0.29) is 12.5 Å². The zero-order valence-electron chi connectivity index (χ0n) is 15.5. The molecule has 0 radical (unpaired) electrons. The van der Waals surface area contributed by atoms with E-state index in [1.165, 1.54) is 14.1 Å². The van der Waals surface area contributed by atoms with Gasteiger partial charge in [-0.25, -0.2) is 9.59 Å². The van der Waals surface area contributed by atoms with Gasteiger partial charge in [-0.05, 0) is 24.3 Å². The third-order valence-corrected chi connectivity index (χ3v) is 5.24. The number of carbonyl (C=O) groups is 4. The molecule has 144 valence electrons. The largest absolute Gasteiger partial charge is 0.445 e.